The van der Waals surface area contributed by atoms with Crippen LogP contribution in [0.4, 0.5) is 0 Å². The Balaban J connectivity index is 3.49. The molecule has 0 heterocycles. The molecule has 5 nitrogen and oxygen atoms in total. The summed E-state index contributed by atoms with van der Waals surface area (Å²) in [4.78, 5) is 24.6. The van der Waals surface area contributed by atoms with Crippen molar-refractivity contribution in [3.63, 3.8) is 0 Å². The highest BCUT2D eigenvalue weighted by Gasteiger charge is 2.16. The first-order valence-corrected chi connectivity index (χ1v) is 33.3. The van der Waals surface area contributed by atoms with Crippen molar-refractivity contribution < 1.29 is 24.2 Å². The van der Waals surface area contributed by atoms with Crippen LogP contribution < -0.4 is 0 Å². The number of hydrogen-bond acceptors (Lipinski definition) is 5. The Kier molecular flexibility index (Phi) is 64.3. The maximum absolute atomic E-state index is 12.4. The first-order chi connectivity index (χ1) is 38.1. The van der Waals surface area contributed by atoms with Gasteiger partial charge in [-0.2, -0.15) is 0 Å². The quantitative estimate of drug-likeness (QED) is 0.0373. The lowest BCUT2D eigenvalue weighted by molar-refractivity contribution is -0.161. The third-order valence-electron chi connectivity index (χ3n) is 14.6. The van der Waals surface area contributed by atoms with Gasteiger partial charge in [-0.05, 0) is 77.0 Å². The molecule has 0 aliphatic heterocycles. The molecule has 1 atom stereocenters. The Morgan fingerprint density at radius 3 is 0.844 bits per heavy atom. The molecule has 0 rings (SSSR count). The van der Waals surface area contributed by atoms with Crippen LogP contribution in [0.1, 0.15) is 328 Å². The van der Waals surface area contributed by atoms with E-state index in [1.165, 1.54) is 212 Å². The summed E-state index contributed by atoms with van der Waals surface area (Å²) in [5.41, 5.74) is 0. The molecular weight excluding hydrogens is 945 g/mol. The molecule has 0 radical (unpaired) electrons. The molecule has 1 N–H and O–H groups in total. The van der Waals surface area contributed by atoms with E-state index < -0.39 is 6.10 Å². The van der Waals surface area contributed by atoms with E-state index in [0.29, 0.717) is 12.8 Å². The number of rotatable bonds is 61. The summed E-state index contributed by atoms with van der Waals surface area (Å²) in [7, 11) is 0. The van der Waals surface area contributed by atoms with Crippen LogP contribution in [0.5, 0.6) is 0 Å². The number of aliphatic hydroxyl groups is 1. The van der Waals surface area contributed by atoms with Gasteiger partial charge in [-0.3, -0.25) is 9.59 Å². The predicted octanol–water partition coefficient (Wildman–Crippen LogP) is 23.0. The zero-order valence-corrected chi connectivity index (χ0v) is 51.0. The van der Waals surface area contributed by atoms with Crippen molar-refractivity contribution in [2.75, 3.05) is 13.2 Å². The zero-order valence-electron chi connectivity index (χ0n) is 51.0. The molecule has 0 aromatic heterocycles. The molecule has 0 spiro atoms. The highest BCUT2D eigenvalue weighted by molar-refractivity contribution is 5.70. The van der Waals surface area contributed by atoms with Crippen LogP contribution in [0, 0.1) is 0 Å². The van der Waals surface area contributed by atoms with E-state index in [-0.39, 0.29) is 25.2 Å². The Bertz CT molecular complexity index is 1450. The van der Waals surface area contributed by atoms with Gasteiger partial charge in [-0.1, -0.05) is 336 Å². The molecule has 0 aliphatic rings. The molecule has 0 saturated heterocycles. The second-order valence-corrected chi connectivity index (χ2v) is 22.2. The van der Waals surface area contributed by atoms with Crippen molar-refractivity contribution >= 4 is 11.9 Å². The lowest BCUT2D eigenvalue weighted by Crippen LogP contribution is -2.28. The van der Waals surface area contributed by atoms with Gasteiger partial charge in [0.15, 0.2) is 6.10 Å². The van der Waals surface area contributed by atoms with Crippen molar-refractivity contribution in [2.24, 2.45) is 0 Å². The van der Waals surface area contributed by atoms with Gasteiger partial charge in [0.25, 0.3) is 0 Å². The fourth-order valence-corrected chi connectivity index (χ4v) is 9.69. The smallest absolute Gasteiger partial charge is 0.306 e. The van der Waals surface area contributed by atoms with Gasteiger partial charge in [-0.15, -0.1) is 0 Å². The Hall–Kier alpha value is -3.18. The van der Waals surface area contributed by atoms with Crippen LogP contribution in [0.3, 0.4) is 0 Å². The van der Waals surface area contributed by atoms with E-state index in [1.807, 2.05) is 0 Å². The van der Waals surface area contributed by atoms with Gasteiger partial charge in [0.1, 0.15) is 6.61 Å². The molecule has 0 aromatic carbocycles. The Morgan fingerprint density at radius 2 is 0.558 bits per heavy atom. The van der Waals surface area contributed by atoms with Gasteiger partial charge in [0, 0.05) is 12.8 Å². The molecule has 0 amide bonds. The summed E-state index contributed by atoms with van der Waals surface area (Å²) < 4.78 is 10.7. The number of aliphatic hydroxyl groups excluding tert-OH is 1. The number of carbonyl (C=O) groups is 2. The van der Waals surface area contributed by atoms with E-state index in [1.54, 1.807) is 0 Å². The maximum atomic E-state index is 12.4. The fourth-order valence-electron chi connectivity index (χ4n) is 9.69. The molecule has 0 bridgehead atoms. The number of unbranched alkanes of at least 4 members (excludes halogenated alkanes) is 37. The van der Waals surface area contributed by atoms with Gasteiger partial charge >= 0.3 is 11.9 Å². The highest BCUT2D eigenvalue weighted by Crippen LogP contribution is 2.18. The number of ether oxygens (including phenoxy) is 2. The largest absolute Gasteiger partial charge is 0.462 e. The van der Waals surface area contributed by atoms with Crippen molar-refractivity contribution in [3.8, 4) is 0 Å². The van der Waals surface area contributed by atoms with Crippen molar-refractivity contribution in [1.82, 2.24) is 0 Å². The number of hydrogen-bond donors (Lipinski definition) is 1. The second kappa shape index (κ2) is 67.1. The topological polar surface area (TPSA) is 72.8 Å². The van der Waals surface area contributed by atoms with Crippen molar-refractivity contribution in [3.05, 3.63) is 97.2 Å². The number of allylic oxidation sites excluding steroid dienone is 16. The normalized spacial score (nSPS) is 12.8. The lowest BCUT2D eigenvalue weighted by Gasteiger charge is -2.15. The summed E-state index contributed by atoms with van der Waals surface area (Å²) in [5.74, 6) is -0.581. The summed E-state index contributed by atoms with van der Waals surface area (Å²) in [6, 6.07) is 0. The van der Waals surface area contributed by atoms with Gasteiger partial charge in [0.05, 0.1) is 6.61 Å². The lowest BCUT2D eigenvalue weighted by atomic mass is 10.0. The minimum Gasteiger partial charge on any atom is -0.462 e. The first kappa shape index (κ1) is 73.8. The maximum Gasteiger partial charge on any atom is 0.306 e. The van der Waals surface area contributed by atoms with Crippen LogP contribution in [-0.4, -0.2) is 36.4 Å². The number of carbonyl (C=O) groups excluding carboxylic acids is 2. The summed E-state index contributed by atoms with van der Waals surface area (Å²) in [6.45, 7) is 4.07. The van der Waals surface area contributed by atoms with E-state index in [0.717, 1.165) is 89.9 Å². The summed E-state index contributed by atoms with van der Waals surface area (Å²) >= 11 is 0. The highest BCUT2D eigenvalue weighted by atomic mass is 16.6. The molecule has 0 aromatic rings. The first-order valence-electron chi connectivity index (χ1n) is 33.3. The minimum absolute atomic E-state index is 0.0658. The average Bonchev–Trinajstić information content (AvgIpc) is 3.43. The molecule has 5 heteroatoms. The fraction of sp³-hybridized carbons (Fsp3) is 0.750. The van der Waals surface area contributed by atoms with Crippen LogP contribution in [0.25, 0.3) is 0 Å². The molecule has 0 aliphatic carbocycles. The molecule has 0 saturated carbocycles. The Morgan fingerprint density at radius 1 is 0.312 bits per heavy atom. The predicted molar refractivity (Wildman–Crippen MR) is 339 cm³/mol. The van der Waals surface area contributed by atoms with Crippen LogP contribution in [0.2, 0.25) is 0 Å². The molecular formula is C72H126O5. The van der Waals surface area contributed by atoms with Crippen LogP contribution in [-0.2, 0) is 19.1 Å². The van der Waals surface area contributed by atoms with Crippen LogP contribution >= 0.6 is 0 Å². The second-order valence-electron chi connectivity index (χ2n) is 22.2. The van der Waals surface area contributed by atoms with E-state index >= 15 is 0 Å². The summed E-state index contributed by atoms with van der Waals surface area (Å²) in [5, 5.41) is 9.69. The molecule has 1 unspecified atom stereocenters. The monoisotopic (exact) mass is 1070 g/mol. The van der Waals surface area contributed by atoms with Crippen molar-refractivity contribution in [2.45, 2.75) is 335 Å². The number of esters is 2. The third-order valence-corrected chi connectivity index (χ3v) is 14.6. The Labute approximate surface area is 478 Å². The average molecular weight is 1070 g/mol. The third kappa shape index (κ3) is 65.2. The molecule has 0 fully saturated rings. The van der Waals surface area contributed by atoms with E-state index in [9.17, 15) is 14.7 Å². The zero-order chi connectivity index (χ0) is 55.5. The SMILES string of the molecule is CC/C=C\C/C=C\C/C=C\C/C=C\C/C=C\C/C=C\C/C=C\C/C=C\CCCCCCCCCCCCCCC(=O)OC(CO)COC(=O)CCCCCCCCCCCCCCCCCCCCCCCCCCCC. The summed E-state index contributed by atoms with van der Waals surface area (Å²) in [6.07, 6.45) is 95.6. The molecule has 444 valence electrons. The van der Waals surface area contributed by atoms with E-state index in [2.05, 4.69) is 111 Å². The van der Waals surface area contributed by atoms with Crippen LogP contribution in [0.15, 0.2) is 97.2 Å². The van der Waals surface area contributed by atoms with Gasteiger partial charge in [-0.25, -0.2) is 0 Å². The standard InChI is InChI=1S/C72H126O5/c1-3-5-7-9-11-13-15-17-19-21-23-25-27-29-31-32-33-34-35-36-37-38-39-40-41-43-45-47-49-51-53-55-57-59-61-63-65-67-72(75)77-70(68-73)69-76-71(74)66-64-62-60-58-56-54-52-50-48-46-44-42-30-28-26-24-22-20-18-16-14-12-10-8-6-4-2/h5,7,11,13,17,19,23,25,29,31,33-34,36-37,39-40,70,73H,3-4,6,8-10,12,14-16,18,20-22,24,26-28,30,32,35,38,41-69H2,1-2H3/b7-5-,13-11-,19-17-,25-23-,31-29-,34-33-,37-36-,40-39-. The molecule has 77 heavy (non-hydrogen) atoms. The van der Waals surface area contributed by atoms with Crippen molar-refractivity contribution in [1.29, 1.82) is 0 Å². The minimum atomic E-state index is -0.777. The van der Waals surface area contributed by atoms with Gasteiger partial charge in [0.2, 0.25) is 0 Å². The van der Waals surface area contributed by atoms with Gasteiger partial charge < -0.3 is 14.6 Å². The van der Waals surface area contributed by atoms with E-state index in [4.69, 9.17) is 9.47 Å².